The highest BCUT2D eigenvalue weighted by atomic mass is 32.2. The fraction of sp³-hybridized carbons (Fsp3) is 0.167. The van der Waals surface area contributed by atoms with Gasteiger partial charge in [-0.05, 0) is 12.1 Å². The van der Waals surface area contributed by atoms with E-state index in [4.69, 9.17) is 9.47 Å². The molecule has 0 atom stereocenters. The van der Waals surface area contributed by atoms with Crippen molar-refractivity contribution in [3.63, 3.8) is 0 Å². The Morgan fingerprint density at radius 2 is 1.86 bits per heavy atom. The molecule has 2 N–H and O–H groups in total. The predicted molar refractivity (Wildman–Crippen MR) is 108 cm³/mol. The van der Waals surface area contributed by atoms with E-state index in [0.29, 0.717) is 32.3 Å². The number of hydrogen-bond acceptors (Lipinski definition) is 8. The lowest BCUT2D eigenvalue weighted by Crippen LogP contribution is -2.14. The monoisotopic (exact) mass is 420 g/mol. The highest BCUT2D eigenvalue weighted by Crippen LogP contribution is 2.29. The quantitative estimate of drug-likeness (QED) is 0.529. The maximum atomic E-state index is 13.7. The number of nitrogens with one attached hydrogen (secondary N) is 2. The Morgan fingerprint density at radius 3 is 2.54 bits per heavy atom. The van der Waals surface area contributed by atoms with Gasteiger partial charge in [0.05, 0.1) is 25.7 Å². The van der Waals surface area contributed by atoms with Gasteiger partial charge in [0.25, 0.3) is 0 Å². The van der Waals surface area contributed by atoms with Crippen LogP contribution in [0.5, 0.6) is 11.5 Å². The van der Waals surface area contributed by atoms with Crippen molar-refractivity contribution in [3.05, 3.63) is 48.3 Å². The smallest absolute Gasteiger partial charge is 0.234 e. The largest absolute Gasteiger partial charge is 0.497 e. The number of methoxy groups -OCH3 is 2. The Hall–Kier alpha value is -2.85. The third-order valence-corrected chi connectivity index (χ3v) is 5.46. The molecule has 0 spiro atoms. The minimum atomic E-state index is -0.375. The topological polar surface area (TPSA) is 85.4 Å². The van der Waals surface area contributed by atoms with Crippen molar-refractivity contribution in [2.75, 3.05) is 30.6 Å². The molecule has 28 heavy (non-hydrogen) atoms. The molecule has 0 bridgehead atoms. The standard InChI is InChI=1S/C18H17FN4O3S2/c1-25-12-7-11(8-13(9-12)26-2)20-16(24)10-27-18-23-22-17(28-18)21-15-6-4-3-5-14(15)19/h3-9H,10H2,1-2H3,(H,20,24)(H,21,22). The first-order valence-corrected chi connectivity index (χ1v) is 9.88. The minimum Gasteiger partial charge on any atom is -0.497 e. The van der Waals surface area contributed by atoms with Gasteiger partial charge in [0, 0.05) is 23.9 Å². The number of aromatic nitrogens is 2. The van der Waals surface area contributed by atoms with Crippen LogP contribution in [-0.4, -0.2) is 36.1 Å². The van der Waals surface area contributed by atoms with Crippen LogP contribution in [0.1, 0.15) is 0 Å². The molecule has 146 valence electrons. The van der Waals surface area contributed by atoms with Gasteiger partial charge in [-0.3, -0.25) is 4.79 Å². The molecular weight excluding hydrogens is 403 g/mol. The zero-order valence-corrected chi connectivity index (χ0v) is 16.7. The van der Waals surface area contributed by atoms with E-state index in [1.165, 1.54) is 29.2 Å². The van der Waals surface area contributed by atoms with Crippen LogP contribution in [-0.2, 0) is 4.79 Å². The zero-order chi connectivity index (χ0) is 19.9. The summed E-state index contributed by atoms with van der Waals surface area (Å²) in [5.74, 6) is 0.720. The van der Waals surface area contributed by atoms with E-state index in [9.17, 15) is 9.18 Å². The third-order valence-electron chi connectivity index (χ3n) is 3.48. The van der Waals surface area contributed by atoms with E-state index in [1.807, 2.05) is 0 Å². The summed E-state index contributed by atoms with van der Waals surface area (Å²) < 4.78 is 24.6. The molecule has 1 heterocycles. The van der Waals surface area contributed by atoms with Crippen LogP contribution >= 0.6 is 23.1 Å². The van der Waals surface area contributed by atoms with Crippen LogP contribution in [0.15, 0.2) is 46.8 Å². The second kappa shape index (κ2) is 9.38. The van der Waals surface area contributed by atoms with Crippen molar-refractivity contribution in [1.82, 2.24) is 10.2 Å². The molecule has 0 radical (unpaired) electrons. The number of benzene rings is 2. The Kier molecular flexibility index (Phi) is 6.66. The van der Waals surface area contributed by atoms with Gasteiger partial charge < -0.3 is 20.1 Å². The third kappa shape index (κ3) is 5.33. The lowest BCUT2D eigenvalue weighted by atomic mass is 10.2. The average molecular weight is 420 g/mol. The SMILES string of the molecule is COc1cc(NC(=O)CSc2nnc(Nc3ccccc3F)s2)cc(OC)c1. The maximum absolute atomic E-state index is 13.7. The number of hydrogen-bond donors (Lipinski definition) is 2. The number of carbonyl (C=O) groups is 1. The number of carbonyl (C=O) groups excluding carboxylic acids is 1. The lowest BCUT2D eigenvalue weighted by Gasteiger charge is -2.09. The number of halogens is 1. The Morgan fingerprint density at radius 1 is 1.14 bits per heavy atom. The Balaban J connectivity index is 1.55. The molecule has 0 aliphatic heterocycles. The van der Waals surface area contributed by atoms with Crippen molar-refractivity contribution < 1.29 is 18.7 Å². The number of nitrogens with zero attached hydrogens (tertiary/aromatic N) is 2. The lowest BCUT2D eigenvalue weighted by molar-refractivity contribution is -0.113. The summed E-state index contributed by atoms with van der Waals surface area (Å²) in [6, 6.07) is 11.4. The van der Waals surface area contributed by atoms with Crippen LogP contribution in [0.2, 0.25) is 0 Å². The van der Waals surface area contributed by atoms with Crippen molar-refractivity contribution in [2.45, 2.75) is 4.34 Å². The van der Waals surface area contributed by atoms with Gasteiger partial charge in [0.15, 0.2) is 4.34 Å². The number of para-hydroxylation sites is 1. The fourth-order valence-electron chi connectivity index (χ4n) is 2.20. The number of thioether (sulfide) groups is 1. The molecule has 1 aromatic heterocycles. The van der Waals surface area contributed by atoms with Crippen LogP contribution in [0.4, 0.5) is 20.9 Å². The molecule has 0 aliphatic carbocycles. The van der Waals surface area contributed by atoms with Crippen molar-refractivity contribution in [3.8, 4) is 11.5 Å². The van der Waals surface area contributed by atoms with E-state index in [-0.39, 0.29) is 17.5 Å². The zero-order valence-electron chi connectivity index (χ0n) is 15.1. The normalized spacial score (nSPS) is 10.4. The molecule has 0 aliphatic rings. The van der Waals surface area contributed by atoms with Gasteiger partial charge in [-0.25, -0.2) is 4.39 Å². The molecule has 7 nitrogen and oxygen atoms in total. The van der Waals surface area contributed by atoms with Crippen molar-refractivity contribution >= 4 is 45.5 Å². The second-order valence-corrected chi connectivity index (χ2v) is 7.62. The van der Waals surface area contributed by atoms with E-state index >= 15 is 0 Å². The van der Waals surface area contributed by atoms with Crippen molar-refractivity contribution in [1.29, 1.82) is 0 Å². The second-order valence-electron chi connectivity index (χ2n) is 5.42. The van der Waals surface area contributed by atoms with Crippen LogP contribution in [0.25, 0.3) is 0 Å². The number of amides is 1. The molecule has 1 amide bonds. The molecule has 2 aromatic carbocycles. The summed E-state index contributed by atoms with van der Waals surface area (Å²) in [4.78, 5) is 12.2. The Labute approximate surface area is 169 Å². The summed E-state index contributed by atoms with van der Waals surface area (Å²) in [5, 5.41) is 14.1. The van der Waals surface area contributed by atoms with E-state index in [1.54, 1.807) is 50.6 Å². The Bertz CT molecular complexity index is 945. The molecular formula is C18H17FN4O3S2. The summed E-state index contributed by atoms with van der Waals surface area (Å²) >= 11 is 2.48. The summed E-state index contributed by atoms with van der Waals surface area (Å²) in [6.45, 7) is 0. The molecule has 0 fully saturated rings. The highest BCUT2D eigenvalue weighted by molar-refractivity contribution is 8.01. The maximum Gasteiger partial charge on any atom is 0.234 e. The molecule has 3 rings (SSSR count). The fourth-order valence-corrected chi connectivity index (χ4v) is 3.76. The summed E-state index contributed by atoms with van der Waals surface area (Å²) in [5.41, 5.74) is 0.890. The summed E-state index contributed by atoms with van der Waals surface area (Å²) in [6.07, 6.45) is 0. The highest BCUT2D eigenvalue weighted by Gasteiger charge is 2.11. The van der Waals surface area contributed by atoms with Crippen LogP contribution in [0, 0.1) is 5.82 Å². The number of rotatable bonds is 8. The molecule has 10 heteroatoms. The van der Waals surface area contributed by atoms with Gasteiger partial charge in [-0.2, -0.15) is 0 Å². The van der Waals surface area contributed by atoms with Gasteiger partial charge in [-0.1, -0.05) is 35.2 Å². The van der Waals surface area contributed by atoms with Gasteiger partial charge in [0.1, 0.15) is 17.3 Å². The van der Waals surface area contributed by atoms with E-state index in [2.05, 4.69) is 20.8 Å². The van der Waals surface area contributed by atoms with E-state index < -0.39 is 0 Å². The first-order valence-electron chi connectivity index (χ1n) is 8.08. The molecule has 0 saturated carbocycles. The average Bonchev–Trinajstić information content (AvgIpc) is 3.15. The first kappa shape index (κ1) is 19.9. The first-order chi connectivity index (χ1) is 13.6. The molecule has 0 saturated heterocycles. The number of anilines is 3. The summed E-state index contributed by atoms with van der Waals surface area (Å²) in [7, 11) is 3.08. The van der Waals surface area contributed by atoms with E-state index in [0.717, 1.165) is 0 Å². The number of ether oxygens (including phenoxy) is 2. The molecule has 3 aromatic rings. The van der Waals surface area contributed by atoms with Crippen molar-refractivity contribution in [2.24, 2.45) is 0 Å². The van der Waals surface area contributed by atoms with Gasteiger partial charge >= 0.3 is 0 Å². The predicted octanol–water partition coefficient (Wildman–Crippen LogP) is 4.17. The minimum absolute atomic E-state index is 0.147. The molecule has 0 unspecified atom stereocenters. The van der Waals surface area contributed by atoms with Gasteiger partial charge in [0.2, 0.25) is 11.0 Å². The van der Waals surface area contributed by atoms with Gasteiger partial charge in [-0.15, -0.1) is 10.2 Å². The van der Waals surface area contributed by atoms with Crippen LogP contribution < -0.4 is 20.1 Å². The van der Waals surface area contributed by atoms with Crippen LogP contribution in [0.3, 0.4) is 0 Å².